The second kappa shape index (κ2) is 3.18. The zero-order valence-electron chi connectivity index (χ0n) is 6.19. The Labute approximate surface area is 71.5 Å². The minimum absolute atomic E-state index is 0.407. The molecule has 0 aliphatic rings. The molecular weight excluding hydrogens is 183 g/mol. The zero-order valence-corrected chi connectivity index (χ0v) is 6.19. The van der Waals surface area contributed by atoms with Crippen LogP contribution in [0.3, 0.4) is 0 Å². The van der Waals surface area contributed by atoms with Gasteiger partial charge < -0.3 is 15.3 Å². The van der Waals surface area contributed by atoms with E-state index in [0.29, 0.717) is 0 Å². The number of aromatic hydroxyl groups is 3. The van der Waals surface area contributed by atoms with Gasteiger partial charge in [-0.1, -0.05) is 0 Å². The fraction of sp³-hybridized carbons (Fsp3) is 0. The summed E-state index contributed by atoms with van der Waals surface area (Å²) < 4.78 is 11.4. The fourth-order valence-corrected chi connectivity index (χ4v) is 0.767. The first-order valence-electron chi connectivity index (χ1n) is 3.14. The first kappa shape index (κ1) is 9.11. The minimum Gasteiger partial charge on any atom is -0.504 e. The van der Waals surface area contributed by atoms with Crippen molar-refractivity contribution in [1.29, 1.82) is 0 Å². The maximum atomic E-state index is 11.4. The van der Waals surface area contributed by atoms with E-state index in [9.17, 15) is 9.32 Å². The van der Waals surface area contributed by atoms with E-state index in [-0.39, 0.29) is 0 Å². The number of halogens is 1. The predicted molar refractivity (Wildman–Crippen MR) is 38.0 cm³/mol. The van der Waals surface area contributed by atoms with Crippen LogP contribution in [-0.2, 0) is 4.94 Å². The summed E-state index contributed by atoms with van der Waals surface area (Å²) in [6.45, 7) is 0. The van der Waals surface area contributed by atoms with Crippen LogP contribution in [0, 0.1) is 0 Å². The number of rotatable bonds is 1. The van der Waals surface area contributed by atoms with Crippen molar-refractivity contribution < 1.29 is 29.6 Å². The molecule has 0 aromatic heterocycles. The van der Waals surface area contributed by atoms with Crippen molar-refractivity contribution in [2.24, 2.45) is 0 Å². The lowest BCUT2D eigenvalue weighted by atomic mass is 10.2. The molecule has 0 aliphatic carbocycles. The number of benzene rings is 1. The van der Waals surface area contributed by atoms with Crippen LogP contribution in [0.4, 0.5) is 4.53 Å². The lowest BCUT2D eigenvalue weighted by Gasteiger charge is -2.01. The van der Waals surface area contributed by atoms with Gasteiger partial charge in [0.15, 0.2) is 17.2 Å². The van der Waals surface area contributed by atoms with Crippen LogP contribution in [-0.4, -0.2) is 21.3 Å². The Kier molecular flexibility index (Phi) is 2.23. The van der Waals surface area contributed by atoms with Gasteiger partial charge in [0.25, 0.3) is 0 Å². The van der Waals surface area contributed by atoms with Crippen molar-refractivity contribution in [3.63, 3.8) is 0 Å². The minimum atomic E-state index is -1.37. The molecule has 0 saturated carbocycles. The van der Waals surface area contributed by atoms with Crippen molar-refractivity contribution in [2.75, 3.05) is 0 Å². The predicted octanol–water partition coefficient (Wildman–Crippen LogP) is 0.845. The topological polar surface area (TPSA) is 87.0 Å². The summed E-state index contributed by atoms with van der Waals surface area (Å²) in [5, 5.41) is 26.6. The molecule has 6 heteroatoms. The monoisotopic (exact) mass is 188 g/mol. The van der Waals surface area contributed by atoms with Crippen molar-refractivity contribution in [2.45, 2.75) is 0 Å². The molecule has 1 aromatic carbocycles. The van der Waals surface area contributed by atoms with E-state index in [1.807, 2.05) is 0 Å². The smallest absolute Gasteiger partial charge is 0.379 e. The van der Waals surface area contributed by atoms with E-state index in [1.54, 1.807) is 0 Å². The van der Waals surface area contributed by atoms with E-state index >= 15 is 0 Å². The van der Waals surface area contributed by atoms with Gasteiger partial charge in [-0.25, -0.2) is 9.74 Å². The molecular formula is C7H5FO5. The third-order valence-corrected chi connectivity index (χ3v) is 1.38. The van der Waals surface area contributed by atoms with E-state index in [4.69, 9.17) is 15.3 Å². The Morgan fingerprint density at radius 2 is 1.69 bits per heavy atom. The van der Waals surface area contributed by atoms with E-state index in [1.165, 1.54) is 0 Å². The van der Waals surface area contributed by atoms with Crippen LogP contribution in [0.5, 0.6) is 17.2 Å². The normalized spacial score (nSPS) is 9.62. The SMILES string of the molecule is O=C(OF)c1cc(O)c(O)c(O)c1. The lowest BCUT2D eigenvalue weighted by Crippen LogP contribution is -1.97. The van der Waals surface area contributed by atoms with Gasteiger partial charge in [0.2, 0.25) is 0 Å². The quantitative estimate of drug-likeness (QED) is 0.568. The molecule has 3 N–H and O–H groups in total. The number of carbonyl (C=O) groups excluding carboxylic acids is 1. The highest BCUT2D eigenvalue weighted by molar-refractivity contribution is 5.90. The van der Waals surface area contributed by atoms with Gasteiger partial charge in [-0.05, 0) is 12.1 Å². The first-order chi connectivity index (χ1) is 6.06. The van der Waals surface area contributed by atoms with Crippen molar-refractivity contribution in [1.82, 2.24) is 0 Å². The maximum Gasteiger partial charge on any atom is 0.379 e. The number of phenolic OH excluding ortho intramolecular Hbond substituents is 3. The summed E-state index contributed by atoms with van der Waals surface area (Å²) in [4.78, 5) is 13.4. The van der Waals surface area contributed by atoms with Crippen LogP contribution in [0.25, 0.3) is 0 Å². The van der Waals surface area contributed by atoms with Gasteiger partial charge in [-0.2, -0.15) is 0 Å². The van der Waals surface area contributed by atoms with Crippen LogP contribution >= 0.6 is 0 Å². The molecule has 0 fully saturated rings. The second-order valence-electron chi connectivity index (χ2n) is 2.23. The molecule has 0 saturated heterocycles. The number of carbonyl (C=O) groups is 1. The van der Waals surface area contributed by atoms with Crippen LogP contribution < -0.4 is 0 Å². The van der Waals surface area contributed by atoms with E-state index < -0.39 is 28.8 Å². The highest BCUT2D eigenvalue weighted by atomic mass is 19.3. The highest BCUT2D eigenvalue weighted by Crippen LogP contribution is 2.35. The summed E-state index contributed by atoms with van der Waals surface area (Å²) in [7, 11) is 0. The molecule has 0 bridgehead atoms. The molecule has 0 unspecified atom stereocenters. The Morgan fingerprint density at radius 1 is 1.23 bits per heavy atom. The summed E-state index contributed by atoms with van der Waals surface area (Å²) >= 11 is 0. The summed E-state index contributed by atoms with van der Waals surface area (Å²) in [6.07, 6.45) is 0. The molecule has 0 heterocycles. The largest absolute Gasteiger partial charge is 0.504 e. The molecule has 0 spiro atoms. The molecule has 0 amide bonds. The average Bonchev–Trinajstić information content (AvgIpc) is 2.12. The van der Waals surface area contributed by atoms with Crippen LogP contribution in [0.15, 0.2) is 12.1 Å². The average molecular weight is 188 g/mol. The van der Waals surface area contributed by atoms with Crippen molar-refractivity contribution >= 4 is 5.97 Å². The number of hydrogen-bond acceptors (Lipinski definition) is 5. The van der Waals surface area contributed by atoms with E-state index in [2.05, 4.69) is 4.94 Å². The van der Waals surface area contributed by atoms with Crippen LogP contribution in [0.1, 0.15) is 10.4 Å². The van der Waals surface area contributed by atoms with Crippen molar-refractivity contribution in [3.05, 3.63) is 17.7 Å². The van der Waals surface area contributed by atoms with Gasteiger partial charge in [0.05, 0.1) is 5.56 Å². The summed E-state index contributed by atoms with van der Waals surface area (Å²) in [6, 6.07) is 1.52. The molecule has 70 valence electrons. The van der Waals surface area contributed by atoms with Crippen LogP contribution in [0.2, 0.25) is 0 Å². The molecule has 0 radical (unpaired) electrons. The third kappa shape index (κ3) is 1.61. The third-order valence-electron chi connectivity index (χ3n) is 1.38. The van der Waals surface area contributed by atoms with Gasteiger partial charge in [0.1, 0.15) is 0 Å². The zero-order chi connectivity index (χ0) is 10.0. The Balaban J connectivity index is 3.20. The first-order valence-corrected chi connectivity index (χ1v) is 3.14. The summed E-state index contributed by atoms with van der Waals surface area (Å²) in [5.74, 6) is -3.62. The van der Waals surface area contributed by atoms with Crippen molar-refractivity contribution in [3.8, 4) is 17.2 Å². The second-order valence-corrected chi connectivity index (χ2v) is 2.23. The fourth-order valence-electron chi connectivity index (χ4n) is 0.767. The number of phenols is 3. The molecule has 1 aromatic rings. The molecule has 0 atom stereocenters. The van der Waals surface area contributed by atoms with Gasteiger partial charge in [0, 0.05) is 4.53 Å². The van der Waals surface area contributed by atoms with E-state index in [0.717, 1.165) is 12.1 Å². The maximum absolute atomic E-state index is 11.4. The van der Waals surface area contributed by atoms with Gasteiger partial charge in [-0.3, -0.25) is 0 Å². The standard InChI is InChI=1S/C7H5FO5/c8-13-7(12)3-1-4(9)6(11)5(10)2-3/h1-2,9-11H. The summed E-state index contributed by atoms with van der Waals surface area (Å²) in [5.41, 5.74) is -0.407. The Bertz CT molecular complexity index is 326. The van der Waals surface area contributed by atoms with Gasteiger partial charge >= 0.3 is 5.97 Å². The molecule has 0 aliphatic heterocycles. The molecule has 1 rings (SSSR count). The lowest BCUT2D eigenvalue weighted by molar-refractivity contribution is -0.0788. The Morgan fingerprint density at radius 3 is 2.08 bits per heavy atom. The number of hydrogen-bond donors (Lipinski definition) is 3. The molecule has 5 nitrogen and oxygen atoms in total. The van der Waals surface area contributed by atoms with Gasteiger partial charge in [-0.15, -0.1) is 0 Å². The highest BCUT2D eigenvalue weighted by Gasteiger charge is 2.14. The molecule has 13 heavy (non-hydrogen) atoms. The Hall–Kier alpha value is -1.98.